The summed E-state index contributed by atoms with van der Waals surface area (Å²) in [6.07, 6.45) is 1.95. The quantitative estimate of drug-likeness (QED) is 0.399. The molecule has 0 aromatic heterocycles. The molecular weight excluding hydrogens is 390 g/mol. The summed E-state index contributed by atoms with van der Waals surface area (Å²) in [6, 6.07) is 24.6. The summed E-state index contributed by atoms with van der Waals surface area (Å²) in [5, 5.41) is 2.85. The number of anilines is 1. The molecule has 5 heteroatoms. The summed E-state index contributed by atoms with van der Waals surface area (Å²) in [5.74, 6) is -0.331. The summed E-state index contributed by atoms with van der Waals surface area (Å²) >= 11 is 0. The number of rotatable bonds is 8. The van der Waals surface area contributed by atoms with Crippen molar-refractivity contribution in [2.75, 3.05) is 11.9 Å². The van der Waals surface area contributed by atoms with Gasteiger partial charge in [0.05, 0.1) is 6.61 Å². The van der Waals surface area contributed by atoms with Crippen molar-refractivity contribution in [3.63, 3.8) is 0 Å². The minimum Gasteiger partial charge on any atom is -0.493 e. The van der Waals surface area contributed by atoms with Crippen LogP contribution in [0.15, 0.2) is 84.9 Å². The average Bonchev–Trinajstić information content (AvgIpc) is 2.79. The molecule has 0 fully saturated rings. The number of carbonyl (C=O) groups excluding carboxylic acids is 2. The molecule has 0 saturated heterocycles. The summed E-state index contributed by atoms with van der Waals surface area (Å²) in [4.78, 5) is 24.8. The number of hydrogen-bond acceptors (Lipinski definition) is 4. The molecule has 0 unspecified atom stereocenters. The number of esters is 1. The van der Waals surface area contributed by atoms with Gasteiger partial charge in [-0.05, 0) is 37.6 Å². The Morgan fingerprint density at radius 2 is 1.61 bits per heavy atom. The Bertz CT molecular complexity index is 1060. The molecule has 1 N–H and O–H groups in total. The SMILES string of the molecule is CCOc1ccccc1/C=C/C(=O)O[C@@H](C)C(=O)Nc1ccccc1-c1ccccc1. The standard InChI is InChI=1S/C26H25NO4/c1-3-30-24-16-10-7-13-21(24)17-18-25(28)31-19(2)26(29)27-23-15-9-8-14-22(23)20-11-5-4-6-12-20/h4-19H,3H2,1-2H3,(H,27,29)/b18-17+/t19-/m0/s1. The maximum Gasteiger partial charge on any atom is 0.331 e. The van der Waals surface area contributed by atoms with Crippen LogP contribution in [0.5, 0.6) is 5.75 Å². The second kappa shape index (κ2) is 10.8. The number of benzene rings is 3. The number of nitrogens with one attached hydrogen (secondary N) is 1. The number of para-hydroxylation sites is 2. The Morgan fingerprint density at radius 1 is 0.935 bits per heavy atom. The topological polar surface area (TPSA) is 64.6 Å². The molecule has 0 heterocycles. The highest BCUT2D eigenvalue weighted by Gasteiger charge is 2.18. The largest absolute Gasteiger partial charge is 0.493 e. The Labute approximate surface area is 182 Å². The third kappa shape index (κ3) is 6.06. The van der Waals surface area contributed by atoms with Crippen molar-refractivity contribution >= 4 is 23.6 Å². The van der Waals surface area contributed by atoms with E-state index in [0.29, 0.717) is 18.0 Å². The van der Waals surface area contributed by atoms with Gasteiger partial charge in [-0.2, -0.15) is 0 Å². The molecule has 3 aromatic rings. The third-order valence-corrected chi connectivity index (χ3v) is 4.55. The fraction of sp³-hybridized carbons (Fsp3) is 0.154. The summed E-state index contributed by atoms with van der Waals surface area (Å²) < 4.78 is 10.8. The Hall–Kier alpha value is -3.86. The van der Waals surface area contributed by atoms with Gasteiger partial charge < -0.3 is 14.8 Å². The van der Waals surface area contributed by atoms with E-state index >= 15 is 0 Å². The third-order valence-electron chi connectivity index (χ3n) is 4.55. The fourth-order valence-electron chi connectivity index (χ4n) is 3.03. The van der Waals surface area contributed by atoms with E-state index in [1.807, 2.05) is 85.8 Å². The molecule has 5 nitrogen and oxygen atoms in total. The molecule has 0 aliphatic carbocycles. The second-order valence-electron chi connectivity index (χ2n) is 6.78. The zero-order valence-corrected chi connectivity index (χ0v) is 17.6. The average molecular weight is 415 g/mol. The Balaban J connectivity index is 1.64. The molecular formula is C26H25NO4. The second-order valence-corrected chi connectivity index (χ2v) is 6.78. The van der Waals surface area contributed by atoms with Crippen molar-refractivity contribution in [1.29, 1.82) is 0 Å². The van der Waals surface area contributed by atoms with E-state index in [-0.39, 0.29) is 0 Å². The van der Waals surface area contributed by atoms with Gasteiger partial charge in [0.25, 0.3) is 5.91 Å². The van der Waals surface area contributed by atoms with Crippen LogP contribution in [0, 0.1) is 0 Å². The van der Waals surface area contributed by atoms with E-state index < -0.39 is 18.0 Å². The van der Waals surface area contributed by atoms with Crippen LogP contribution in [-0.4, -0.2) is 24.6 Å². The number of hydrogen-bond donors (Lipinski definition) is 1. The van der Waals surface area contributed by atoms with Gasteiger partial charge in [0.2, 0.25) is 0 Å². The first-order valence-corrected chi connectivity index (χ1v) is 10.1. The fourth-order valence-corrected chi connectivity index (χ4v) is 3.03. The van der Waals surface area contributed by atoms with E-state index in [9.17, 15) is 9.59 Å². The van der Waals surface area contributed by atoms with Crippen LogP contribution >= 0.6 is 0 Å². The lowest BCUT2D eigenvalue weighted by Crippen LogP contribution is -2.29. The molecule has 1 amide bonds. The van der Waals surface area contributed by atoms with E-state index in [2.05, 4.69) is 5.32 Å². The molecule has 0 bridgehead atoms. The molecule has 0 aliphatic heterocycles. The van der Waals surface area contributed by atoms with Crippen LogP contribution < -0.4 is 10.1 Å². The van der Waals surface area contributed by atoms with Crippen LogP contribution in [0.1, 0.15) is 19.4 Å². The molecule has 3 rings (SSSR count). The lowest BCUT2D eigenvalue weighted by molar-refractivity contribution is -0.148. The highest BCUT2D eigenvalue weighted by Crippen LogP contribution is 2.27. The van der Waals surface area contributed by atoms with Gasteiger partial charge in [-0.15, -0.1) is 0 Å². The maximum absolute atomic E-state index is 12.6. The molecule has 0 saturated carbocycles. The summed E-state index contributed by atoms with van der Waals surface area (Å²) in [7, 11) is 0. The normalized spacial score (nSPS) is 11.7. The molecule has 1 atom stereocenters. The Kier molecular flexibility index (Phi) is 7.60. The van der Waals surface area contributed by atoms with Crippen molar-refractivity contribution in [3.05, 3.63) is 90.5 Å². The summed E-state index contributed by atoms with van der Waals surface area (Å²) in [6.45, 7) is 3.96. The zero-order chi connectivity index (χ0) is 22.1. The van der Waals surface area contributed by atoms with E-state index in [1.54, 1.807) is 13.0 Å². The van der Waals surface area contributed by atoms with Crippen LogP contribution in [0.3, 0.4) is 0 Å². The molecule has 0 aliphatic rings. The van der Waals surface area contributed by atoms with Crippen molar-refractivity contribution < 1.29 is 19.1 Å². The van der Waals surface area contributed by atoms with E-state index in [4.69, 9.17) is 9.47 Å². The van der Waals surface area contributed by atoms with Gasteiger partial charge in [-0.1, -0.05) is 66.7 Å². The van der Waals surface area contributed by atoms with Crippen LogP contribution in [0.25, 0.3) is 17.2 Å². The van der Waals surface area contributed by atoms with Gasteiger partial charge in [0.1, 0.15) is 5.75 Å². The smallest absolute Gasteiger partial charge is 0.331 e. The number of amides is 1. The monoisotopic (exact) mass is 415 g/mol. The molecule has 158 valence electrons. The maximum atomic E-state index is 12.6. The van der Waals surface area contributed by atoms with Crippen LogP contribution in [0.4, 0.5) is 5.69 Å². The van der Waals surface area contributed by atoms with E-state index in [0.717, 1.165) is 16.7 Å². The highest BCUT2D eigenvalue weighted by atomic mass is 16.5. The lowest BCUT2D eigenvalue weighted by Gasteiger charge is -2.15. The van der Waals surface area contributed by atoms with Gasteiger partial charge >= 0.3 is 5.97 Å². The molecule has 0 radical (unpaired) electrons. The van der Waals surface area contributed by atoms with E-state index in [1.165, 1.54) is 6.08 Å². The number of carbonyl (C=O) groups is 2. The first-order chi connectivity index (χ1) is 15.1. The molecule has 3 aromatic carbocycles. The van der Waals surface area contributed by atoms with Gasteiger partial charge in [0.15, 0.2) is 6.10 Å². The van der Waals surface area contributed by atoms with Crippen LogP contribution in [-0.2, 0) is 14.3 Å². The van der Waals surface area contributed by atoms with Crippen molar-refractivity contribution in [1.82, 2.24) is 0 Å². The Morgan fingerprint density at radius 3 is 2.39 bits per heavy atom. The predicted molar refractivity (Wildman–Crippen MR) is 123 cm³/mol. The molecule has 31 heavy (non-hydrogen) atoms. The van der Waals surface area contributed by atoms with Crippen molar-refractivity contribution in [3.8, 4) is 16.9 Å². The van der Waals surface area contributed by atoms with Crippen LogP contribution in [0.2, 0.25) is 0 Å². The van der Waals surface area contributed by atoms with Gasteiger partial charge in [-0.3, -0.25) is 4.79 Å². The van der Waals surface area contributed by atoms with Crippen molar-refractivity contribution in [2.24, 2.45) is 0 Å². The van der Waals surface area contributed by atoms with Gasteiger partial charge in [-0.25, -0.2) is 4.79 Å². The minimum absolute atomic E-state index is 0.403. The predicted octanol–water partition coefficient (Wildman–Crippen LogP) is 5.34. The lowest BCUT2D eigenvalue weighted by atomic mass is 10.0. The first-order valence-electron chi connectivity index (χ1n) is 10.1. The minimum atomic E-state index is -0.955. The zero-order valence-electron chi connectivity index (χ0n) is 17.6. The van der Waals surface area contributed by atoms with Gasteiger partial charge in [0, 0.05) is 22.9 Å². The molecule has 0 spiro atoms. The summed E-state index contributed by atoms with van der Waals surface area (Å²) in [5.41, 5.74) is 3.29. The number of ether oxygens (including phenoxy) is 2. The first kappa shape index (κ1) is 21.8. The van der Waals surface area contributed by atoms with Crippen molar-refractivity contribution in [2.45, 2.75) is 20.0 Å². The highest BCUT2D eigenvalue weighted by molar-refractivity contribution is 5.99.